The summed E-state index contributed by atoms with van der Waals surface area (Å²) in [5.74, 6) is 0.0439. The van der Waals surface area contributed by atoms with Crippen molar-refractivity contribution in [2.24, 2.45) is 0 Å². The van der Waals surface area contributed by atoms with Crippen LogP contribution in [0.3, 0.4) is 0 Å². The van der Waals surface area contributed by atoms with Gasteiger partial charge in [0.15, 0.2) is 5.16 Å². The Balaban J connectivity index is 1.46. The van der Waals surface area contributed by atoms with Crippen molar-refractivity contribution in [2.75, 3.05) is 6.54 Å². The van der Waals surface area contributed by atoms with Crippen LogP contribution in [0.25, 0.3) is 10.9 Å². The molecule has 168 valence electrons. The van der Waals surface area contributed by atoms with Crippen LogP contribution in [0.5, 0.6) is 0 Å². The predicted octanol–water partition coefficient (Wildman–Crippen LogP) is 4.58. The van der Waals surface area contributed by atoms with Crippen LogP contribution in [-0.4, -0.2) is 22.0 Å². The van der Waals surface area contributed by atoms with Gasteiger partial charge in [0.25, 0.3) is 5.56 Å². The maximum Gasteiger partial charge on any atom is 0.262 e. The van der Waals surface area contributed by atoms with Gasteiger partial charge in [-0.2, -0.15) is 0 Å². The van der Waals surface area contributed by atoms with E-state index in [1.54, 1.807) is 28.8 Å². The number of aromatic nitrogens is 2. The van der Waals surface area contributed by atoms with Crippen molar-refractivity contribution >= 4 is 28.6 Å². The minimum Gasteiger partial charge on any atom is -0.356 e. The average molecular weight is 462 g/mol. The number of fused-ring (bicyclic) bond motifs is 1. The molecule has 1 N–H and O–H groups in total. The van der Waals surface area contributed by atoms with Gasteiger partial charge in [0.2, 0.25) is 5.91 Å². The Morgan fingerprint density at radius 2 is 1.73 bits per heavy atom. The van der Waals surface area contributed by atoms with E-state index in [-0.39, 0.29) is 30.2 Å². The third-order valence-electron chi connectivity index (χ3n) is 5.22. The summed E-state index contributed by atoms with van der Waals surface area (Å²) < 4.78 is 15.1. The second-order valence-corrected chi connectivity index (χ2v) is 8.56. The van der Waals surface area contributed by atoms with Crippen LogP contribution in [0.2, 0.25) is 0 Å². The summed E-state index contributed by atoms with van der Waals surface area (Å²) in [7, 11) is 0. The molecule has 0 saturated heterocycles. The van der Waals surface area contributed by atoms with Gasteiger partial charge in [-0.25, -0.2) is 9.37 Å². The molecule has 0 bridgehead atoms. The molecule has 7 heteroatoms. The highest BCUT2D eigenvalue weighted by Crippen LogP contribution is 2.22. The van der Waals surface area contributed by atoms with Crippen molar-refractivity contribution < 1.29 is 9.18 Å². The molecule has 0 aliphatic carbocycles. The first-order chi connectivity index (χ1) is 16.1. The van der Waals surface area contributed by atoms with Crippen molar-refractivity contribution in [1.82, 2.24) is 14.9 Å². The molecule has 0 unspecified atom stereocenters. The highest BCUT2D eigenvalue weighted by Gasteiger charge is 2.13. The minimum atomic E-state index is -0.302. The molecular weight excluding hydrogens is 437 g/mol. The molecule has 0 saturated carbocycles. The monoisotopic (exact) mass is 461 g/mol. The number of hydrogen-bond acceptors (Lipinski definition) is 4. The summed E-state index contributed by atoms with van der Waals surface area (Å²) in [6.45, 7) is 0.758. The molecule has 0 aliphatic rings. The molecule has 0 radical (unpaired) electrons. The summed E-state index contributed by atoms with van der Waals surface area (Å²) in [6, 6.07) is 23.5. The maximum absolute atomic E-state index is 13.5. The van der Waals surface area contributed by atoms with Gasteiger partial charge >= 0.3 is 0 Å². The number of carbonyl (C=O) groups excluding carboxylic acids is 1. The predicted molar refractivity (Wildman–Crippen MR) is 130 cm³/mol. The first-order valence-electron chi connectivity index (χ1n) is 10.8. The van der Waals surface area contributed by atoms with Crippen molar-refractivity contribution in [1.29, 1.82) is 0 Å². The Morgan fingerprint density at radius 1 is 0.970 bits per heavy atom. The number of amides is 1. The lowest BCUT2D eigenvalue weighted by atomic mass is 10.1. The van der Waals surface area contributed by atoms with Crippen LogP contribution in [0, 0.1) is 5.82 Å². The Morgan fingerprint density at radius 3 is 2.55 bits per heavy atom. The van der Waals surface area contributed by atoms with Gasteiger partial charge in [-0.3, -0.25) is 14.2 Å². The summed E-state index contributed by atoms with van der Waals surface area (Å²) in [5.41, 5.74) is 2.38. The highest BCUT2D eigenvalue weighted by molar-refractivity contribution is 7.98. The molecule has 1 amide bonds. The SMILES string of the molecule is O=C(CCn1c(SCc2cccc(F)c2)nc2ccccc2c1=O)NCCc1ccccc1. The molecule has 0 spiro atoms. The first-order valence-corrected chi connectivity index (χ1v) is 11.8. The highest BCUT2D eigenvalue weighted by atomic mass is 32.2. The Labute approximate surface area is 195 Å². The van der Waals surface area contributed by atoms with Gasteiger partial charge in [0, 0.05) is 25.3 Å². The third-order valence-corrected chi connectivity index (χ3v) is 6.27. The van der Waals surface area contributed by atoms with Crippen LogP contribution in [-0.2, 0) is 23.5 Å². The number of carbonyl (C=O) groups is 1. The largest absolute Gasteiger partial charge is 0.356 e. The molecule has 4 aromatic rings. The van der Waals surface area contributed by atoms with E-state index in [1.807, 2.05) is 42.5 Å². The van der Waals surface area contributed by atoms with Crippen LogP contribution >= 0.6 is 11.8 Å². The Kier molecular flexibility index (Phi) is 7.52. The van der Waals surface area contributed by atoms with E-state index in [1.165, 1.54) is 23.9 Å². The normalized spacial score (nSPS) is 10.9. The Bertz CT molecular complexity index is 1310. The van der Waals surface area contributed by atoms with Gasteiger partial charge in [0.1, 0.15) is 5.82 Å². The zero-order valence-electron chi connectivity index (χ0n) is 18.0. The standard InChI is InChI=1S/C26H24FN3O2S/c27-21-10-6-9-20(17-21)18-33-26-29-23-12-5-4-11-22(23)25(32)30(26)16-14-24(31)28-15-13-19-7-2-1-3-8-19/h1-12,17H,13-16,18H2,(H,28,31). The molecule has 4 rings (SSSR count). The van der Waals surface area contributed by atoms with Gasteiger partial charge < -0.3 is 5.32 Å². The van der Waals surface area contributed by atoms with Crippen LogP contribution in [0.4, 0.5) is 4.39 Å². The second-order valence-electron chi connectivity index (χ2n) is 7.62. The average Bonchev–Trinajstić information content (AvgIpc) is 2.83. The summed E-state index contributed by atoms with van der Waals surface area (Å²) in [5, 5.41) is 3.94. The molecule has 0 fully saturated rings. The lowest BCUT2D eigenvalue weighted by Gasteiger charge is -2.13. The van der Waals surface area contributed by atoms with E-state index in [9.17, 15) is 14.0 Å². The number of nitrogens with zero attached hydrogens (tertiary/aromatic N) is 2. The van der Waals surface area contributed by atoms with Gasteiger partial charge in [-0.05, 0) is 41.8 Å². The zero-order chi connectivity index (χ0) is 23.0. The van der Waals surface area contributed by atoms with Crippen LogP contribution < -0.4 is 10.9 Å². The lowest BCUT2D eigenvalue weighted by Crippen LogP contribution is -2.30. The molecule has 5 nitrogen and oxygen atoms in total. The van der Waals surface area contributed by atoms with Crippen molar-refractivity contribution in [3.05, 3.63) is 106 Å². The van der Waals surface area contributed by atoms with Crippen molar-refractivity contribution in [3.8, 4) is 0 Å². The maximum atomic E-state index is 13.5. The van der Waals surface area contributed by atoms with Gasteiger partial charge in [-0.15, -0.1) is 0 Å². The van der Waals surface area contributed by atoms with E-state index >= 15 is 0 Å². The minimum absolute atomic E-state index is 0.118. The number of rotatable bonds is 9. The summed E-state index contributed by atoms with van der Waals surface area (Å²) in [6.07, 6.45) is 0.918. The fourth-order valence-corrected chi connectivity index (χ4v) is 4.49. The summed E-state index contributed by atoms with van der Waals surface area (Å²) in [4.78, 5) is 30.2. The smallest absolute Gasteiger partial charge is 0.262 e. The Hall–Kier alpha value is -3.45. The quantitative estimate of drug-likeness (QED) is 0.293. The number of halogens is 1. The van der Waals surface area contributed by atoms with E-state index in [0.717, 1.165) is 17.5 Å². The molecule has 0 aliphatic heterocycles. The fraction of sp³-hybridized carbons (Fsp3) is 0.192. The number of hydrogen-bond donors (Lipinski definition) is 1. The van der Waals surface area contributed by atoms with Crippen molar-refractivity contribution in [2.45, 2.75) is 30.3 Å². The molecule has 1 heterocycles. The van der Waals surface area contributed by atoms with Crippen molar-refractivity contribution in [3.63, 3.8) is 0 Å². The molecule has 3 aromatic carbocycles. The van der Waals surface area contributed by atoms with Gasteiger partial charge in [0.05, 0.1) is 10.9 Å². The van der Waals surface area contributed by atoms with E-state index in [0.29, 0.717) is 28.4 Å². The lowest BCUT2D eigenvalue weighted by molar-refractivity contribution is -0.121. The molecule has 1 aromatic heterocycles. The molecular formula is C26H24FN3O2S. The van der Waals surface area contributed by atoms with Gasteiger partial charge in [-0.1, -0.05) is 66.4 Å². The van der Waals surface area contributed by atoms with Crippen LogP contribution in [0.1, 0.15) is 17.5 Å². The molecule has 33 heavy (non-hydrogen) atoms. The van der Waals surface area contributed by atoms with Crippen LogP contribution in [0.15, 0.2) is 88.8 Å². The first kappa shape index (κ1) is 22.7. The summed E-state index contributed by atoms with van der Waals surface area (Å²) >= 11 is 1.36. The number of thioether (sulfide) groups is 1. The fourth-order valence-electron chi connectivity index (χ4n) is 3.52. The number of para-hydroxylation sites is 1. The van der Waals surface area contributed by atoms with E-state index in [2.05, 4.69) is 10.3 Å². The van der Waals surface area contributed by atoms with E-state index < -0.39 is 0 Å². The molecule has 0 atom stereocenters. The zero-order valence-corrected chi connectivity index (χ0v) is 18.9. The topological polar surface area (TPSA) is 64.0 Å². The van der Waals surface area contributed by atoms with E-state index in [4.69, 9.17) is 0 Å². The number of benzene rings is 3. The number of nitrogens with one attached hydrogen (secondary N) is 1. The second kappa shape index (κ2) is 10.9. The third kappa shape index (κ3) is 6.08.